The first-order valence-electron chi connectivity index (χ1n) is 4.90. The average molecular weight is 240 g/mol. The van der Waals surface area contributed by atoms with Gasteiger partial charge in [-0.2, -0.15) is 0 Å². The fourth-order valence-corrected chi connectivity index (χ4v) is 1.35. The number of hydrogen-bond donors (Lipinski definition) is 1. The molecule has 0 fully saturated rings. The molecule has 0 aliphatic carbocycles. The zero-order valence-corrected chi connectivity index (χ0v) is 9.99. The Morgan fingerprint density at radius 3 is 2.81 bits per heavy atom. The van der Waals surface area contributed by atoms with Gasteiger partial charge in [-0.1, -0.05) is 42.0 Å². The minimum Gasteiger partial charge on any atom is -0.453 e. The van der Waals surface area contributed by atoms with Crippen LogP contribution in [0.25, 0.3) is 6.08 Å². The molecule has 4 heteroatoms. The highest BCUT2D eigenvalue weighted by molar-refractivity contribution is 6.32. The van der Waals surface area contributed by atoms with E-state index in [0.29, 0.717) is 5.02 Å². The molecule has 1 amide bonds. The lowest BCUT2D eigenvalue weighted by atomic mass is 10.2. The van der Waals surface area contributed by atoms with Gasteiger partial charge in [-0.3, -0.25) is 0 Å². The zero-order chi connectivity index (χ0) is 12.0. The molecular formula is C12H14ClNO2. The fourth-order valence-electron chi connectivity index (χ4n) is 1.15. The van der Waals surface area contributed by atoms with Gasteiger partial charge in [0.25, 0.3) is 0 Å². The van der Waals surface area contributed by atoms with E-state index in [9.17, 15) is 4.79 Å². The number of benzene rings is 1. The van der Waals surface area contributed by atoms with E-state index in [1.165, 1.54) is 7.11 Å². The van der Waals surface area contributed by atoms with Crippen molar-refractivity contribution in [3.05, 3.63) is 40.9 Å². The topological polar surface area (TPSA) is 38.3 Å². The molecule has 1 rings (SSSR count). The number of nitrogens with one attached hydrogen (secondary N) is 1. The van der Waals surface area contributed by atoms with Crippen molar-refractivity contribution in [1.29, 1.82) is 0 Å². The Bertz CT molecular complexity index is 390. The first-order valence-corrected chi connectivity index (χ1v) is 5.28. The molecule has 0 heterocycles. The van der Waals surface area contributed by atoms with Crippen LogP contribution < -0.4 is 5.32 Å². The molecule has 0 spiro atoms. The van der Waals surface area contributed by atoms with Crippen LogP contribution in [-0.4, -0.2) is 19.2 Å². The second-order valence-corrected chi connectivity index (χ2v) is 3.71. The van der Waals surface area contributed by atoms with Gasteiger partial charge in [0.15, 0.2) is 0 Å². The Kier molecular flexibility index (Phi) is 4.86. The standard InChI is InChI=1S/C12H14ClNO2/c1-9(14-12(15)16-2)7-8-10-5-3-4-6-11(10)13/h3-9H,1-2H3,(H,14,15)/b8-7+/t9-/m1/s1. The van der Waals surface area contributed by atoms with Crippen molar-refractivity contribution in [2.75, 3.05) is 7.11 Å². The highest BCUT2D eigenvalue weighted by Gasteiger charge is 2.02. The maximum atomic E-state index is 10.9. The number of methoxy groups -OCH3 is 1. The van der Waals surface area contributed by atoms with E-state index in [-0.39, 0.29) is 6.04 Å². The van der Waals surface area contributed by atoms with Crippen LogP contribution in [0.4, 0.5) is 4.79 Å². The number of amides is 1. The number of carbonyl (C=O) groups excluding carboxylic acids is 1. The lowest BCUT2D eigenvalue weighted by molar-refractivity contribution is 0.169. The third kappa shape index (κ3) is 3.95. The minimum atomic E-state index is -0.448. The summed E-state index contributed by atoms with van der Waals surface area (Å²) in [5.41, 5.74) is 0.919. The molecule has 0 aromatic heterocycles. The summed E-state index contributed by atoms with van der Waals surface area (Å²) in [5.74, 6) is 0. The van der Waals surface area contributed by atoms with Gasteiger partial charge in [0.1, 0.15) is 0 Å². The molecule has 0 saturated heterocycles. The number of carbonyl (C=O) groups is 1. The number of hydrogen-bond acceptors (Lipinski definition) is 2. The second kappa shape index (κ2) is 6.18. The number of alkyl carbamates (subject to hydrolysis) is 1. The van der Waals surface area contributed by atoms with E-state index < -0.39 is 6.09 Å². The summed E-state index contributed by atoms with van der Waals surface area (Å²) < 4.78 is 4.49. The van der Waals surface area contributed by atoms with Crippen LogP contribution in [0, 0.1) is 0 Å². The molecule has 0 saturated carbocycles. The van der Waals surface area contributed by atoms with Gasteiger partial charge in [0.2, 0.25) is 0 Å². The molecule has 1 aromatic carbocycles. The smallest absolute Gasteiger partial charge is 0.407 e. The third-order valence-electron chi connectivity index (χ3n) is 2.00. The highest BCUT2D eigenvalue weighted by Crippen LogP contribution is 2.16. The highest BCUT2D eigenvalue weighted by atomic mass is 35.5. The summed E-state index contributed by atoms with van der Waals surface area (Å²) in [6.45, 7) is 1.85. The van der Waals surface area contributed by atoms with E-state index in [1.54, 1.807) is 0 Å². The van der Waals surface area contributed by atoms with E-state index in [4.69, 9.17) is 11.6 Å². The van der Waals surface area contributed by atoms with Crippen molar-refractivity contribution < 1.29 is 9.53 Å². The first kappa shape index (κ1) is 12.6. The summed E-state index contributed by atoms with van der Waals surface area (Å²) >= 11 is 5.98. The van der Waals surface area contributed by atoms with Crippen LogP contribution >= 0.6 is 11.6 Å². The number of ether oxygens (including phenoxy) is 1. The second-order valence-electron chi connectivity index (χ2n) is 3.31. The maximum Gasteiger partial charge on any atom is 0.407 e. The van der Waals surface area contributed by atoms with Crippen LogP contribution in [0.5, 0.6) is 0 Å². The van der Waals surface area contributed by atoms with Gasteiger partial charge in [-0.15, -0.1) is 0 Å². The summed E-state index contributed by atoms with van der Waals surface area (Å²) in [6.07, 6.45) is 3.26. The van der Waals surface area contributed by atoms with Crippen LogP contribution in [0.1, 0.15) is 12.5 Å². The molecule has 1 atom stereocenters. The molecule has 1 N–H and O–H groups in total. The molecular weight excluding hydrogens is 226 g/mol. The van der Waals surface area contributed by atoms with Crippen LogP contribution in [-0.2, 0) is 4.74 Å². The maximum absolute atomic E-state index is 10.9. The van der Waals surface area contributed by atoms with Gasteiger partial charge in [0, 0.05) is 11.1 Å². The predicted octanol–water partition coefficient (Wildman–Crippen LogP) is 3.10. The summed E-state index contributed by atoms with van der Waals surface area (Å²) in [5, 5.41) is 3.31. The summed E-state index contributed by atoms with van der Waals surface area (Å²) in [6, 6.07) is 7.40. The Balaban J connectivity index is 2.60. The van der Waals surface area contributed by atoms with E-state index in [1.807, 2.05) is 43.3 Å². The molecule has 0 radical (unpaired) electrons. The fraction of sp³-hybridized carbons (Fsp3) is 0.250. The van der Waals surface area contributed by atoms with Crippen molar-refractivity contribution in [1.82, 2.24) is 5.32 Å². The van der Waals surface area contributed by atoms with Gasteiger partial charge in [-0.05, 0) is 18.6 Å². The van der Waals surface area contributed by atoms with E-state index in [2.05, 4.69) is 10.1 Å². The largest absolute Gasteiger partial charge is 0.453 e. The Labute approximate surface area is 100 Å². The van der Waals surface area contributed by atoms with Crippen molar-refractivity contribution in [2.45, 2.75) is 13.0 Å². The SMILES string of the molecule is COC(=O)N[C@H](C)/C=C/c1ccccc1Cl. The Hall–Kier alpha value is -1.48. The third-order valence-corrected chi connectivity index (χ3v) is 2.34. The molecule has 0 bridgehead atoms. The monoisotopic (exact) mass is 239 g/mol. The Morgan fingerprint density at radius 1 is 1.50 bits per heavy atom. The molecule has 1 aromatic rings. The molecule has 0 aliphatic rings. The summed E-state index contributed by atoms with van der Waals surface area (Å²) in [7, 11) is 1.33. The van der Waals surface area contributed by atoms with Gasteiger partial charge < -0.3 is 10.1 Å². The molecule has 3 nitrogen and oxygen atoms in total. The lowest BCUT2D eigenvalue weighted by Gasteiger charge is -2.07. The normalized spacial score (nSPS) is 12.4. The molecule has 0 aliphatic heterocycles. The van der Waals surface area contributed by atoms with Crippen molar-refractivity contribution in [3.63, 3.8) is 0 Å². The predicted molar refractivity (Wildman–Crippen MR) is 65.5 cm³/mol. The quantitative estimate of drug-likeness (QED) is 0.880. The van der Waals surface area contributed by atoms with Crippen molar-refractivity contribution in [3.8, 4) is 0 Å². The van der Waals surface area contributed by atoms with Gasteiger partial charge >= 0.3 is 6.09 Å². The van der Waals surface area contributed by atoms with E-state index >= 15 is 0 Å². The number of halogens is 1. The average Bonchev–Trinajstić information content (AvgIpc) is 2.28. The molecule has 0 unspecified atom stereocenters. The molecule has 16 heavy (non-hydrogen) atoms. The van der Waals surface area contributed by atoms with Gasteiger partial charge in [0.05, 0.1) is 7.11 Å². The van der Waals surface area contributed by atoms with E-state index in [0.717, 1.165) is 5.56 Å². The van der Waals surface area contributed by atoms with Crippen LogP contribution in [0.2, 0.25) is 5.02 Å². The molecule has 86 valence electrons. The summed E-state index contributed by atoms with van der Waals surface area (Å²) in [4.78, 5) is 10.9. The van der Waals surface area contributed by atoms with Crippen LogP contribution in [0.3, 0.4) is 0 Å². The zero-order valence-electron chi connectivity index (χ0n) is 9.24. The lowest BCUT2D eigenvalue weighted by Crippen LogP contribution is -2.30. The number of rotatable bonds is 3. The van der Waals surface area contributed by atoms with Crippen molar-refractivity contribution >= 4 is 23.8 Å². The van der Waals surface area contributed by atoms with Gasteiger partial charge in [-0.25, -0.2) is 4.79 Å². The van der Waals surface area contributed by atoms with Crippen molar-refractivity contribution in [2.24, 2.45) is 0 Å². The first-order chi connectivity index (χ1) is 7.63. The van der Waals surface area contributed by atoms with Crippen LogP contribution in [0.15, 0.2) is 30.3 Å². The Morgan fingerprint density at radius 2 is 2.19 bits per heavy atom. The minimum absolute atomic E-state index is 0.108.